The van der Waals surface area contributed by atoms with Crippen LogP contribution < -0.4 is 5.32 Å². The second-order valence-corrected chi connectivity index (χ2v) is 12.5. The Morgan fingerprint density at radius 2 is 1.79 bits per heavy atom. The fourth-order valence-electron chi connectivity index (χ4n) is 10.4. The largest absolute Gasteiger partial charge is 0.393 e. The number of hydrogen-bond acceptors (Lipinski definition) is 3. The molecule has 10 unspecified atom stereocenters. The van der Waals surface area contributed by atoms with Crippen molar-refractivity contribution in [2.75, 3.05) is 21.1 Å². The lowest BCUT2D eigenvalue weighted by atomic mass is 9.43. The highest BCUT2D eigenvalue weighted by Gasteiger charge is 2.81. The van der Waals surface area contributed by atoms with Gasteiger partial charge in [0.25, 0.3) is 0 Å². The van der Waals surface area contributed by atoms with Crippen LogP contribution in [0.1, 0.15) is 72.1 Å². The van der Waals surface area contributed by atoms with E-state index in [0.29, 0.717) is 28.8 Å². The third-order valence-electron chi connectivity index (χ3n) is 11.9. The van der Waals surface area contributed by atoms with Gasteiger partial charge in [-0.1, -0.05) is 26.0 Å². The van der Waals surface area contributed by atoms with E-state index in [1.54, 1.807) is 5.57 Å². The molecule has 0 aliphatic heterocycles. The fraction of sp³-hybridized carbons (Fsp3) is 0.923. The molecule has 5 rings (SSSR count). The molecule has 2 spiro atoms. The minimum absolute atomic E-state index is 0.158. The lowest BCUT2D eigenvalue weighted by molar-refractivity contribution is -0.121. The number of nitrogens with zero attached hydrogens (tertiary/aromatic N) is 1. The molecule has 29 heavy (non-hydrogen) atoms. The standard InChI is InChI=1S/C26H44N2O/c1-16-18-8-9-21-24(4)14-20(29)22(17(2)27-5)23(24,3)12-13-26(21)15-25(18,26)11-10-19(16)28(6)7/h17-22,27,29H,1,8-15H2,2-7H3. The number of aliphatic hydroxyl groups is 1. The lowest BCUT2D eigenvalue weighted by Gasteiger charge is -2.61. The van der Waals surface area contributed by atoms with Gasteiger partial charge in [0.2, 0.25) is 0 Å². The van der Waals surface area contributed by atoms with Gasteiger partial charge in [0, 0.05) is 18.0 Å². The Morgan fingerprint density at radius 1 is 1.07 bits per heavy atom. The first kappa shape index (κ1) is 20.5. The van der Waals surface area contributed by atoms with Crippen LogP contribution in [-0.2, 0) is 0 Å². The van der Waals surface area contributed by atoms with Gasteiger partial charge in [-0.25, -0.2) is 0 Å². The molecule has 5 aliphatic carbocycles. The Morgan fingerprint density at radius 3 is 2.45 bits per heavy atom. The molecule has 2 N–H and O–H groups in total. The number of hydrogen-bond donors (Lipinski definition) is 2. The Bertz CT molecular complexity index is 719. The normalized spacial score (nSPS) is 57.0. The molecule has 3 heteroatoms. The molecule has 10 atom stereocenters. The van der Waals surface area contributed by atoms with Crippen molar-refractivity contribution in [3.8, 4) is 0 Å². The number of likely N-dealkylation sites (N-methyl/N-ethyl adjacent to an activating group) is 1. The van der Waals surface area contributed by atoms with Crippen LogP contribution in [0.15, 0.2) is 12.2 Å². The Hall–Kier alpha value is -0.380. The number of rotatable bonds is 3. The molecule has 0 bridgehead atoms. The highest BCUT2D eigenvalue weighted by molar-refractivity contribution is 5.35. The van der Waals surface area contributed by atoms with Crippen LogP contribution in [-0.4, -0.2) is 49.3 Å². The van der Waals surface area contributed by atoms with Crippen molar-refractivity contribution in [3.63, 3.8) is 0 Å². The summed E-state index contributed by atoms with van der Waals surface area (Å²) in [5.74, 6) is 1.91. The topological polar surface area (TPSA) is 35.5 Å². The van der Waals surface area contributed by atoms with Crippen LogP contribution >= 0.6 is 0 Å². The van der Waals surface area contributed by atoms with Gasteiger partial charge < -0.3 is 15.3 Å². The van der Waals surface area contributed by atoms with E-state index in [9.17, 15) is 5.11 Å². The Balaban J connectivity index is 1.50. The average Bonchev–Trinajstić information content (AvgIpc) is 3.26. The number of fused-ring (bicyclic) bond motifs is 2. The minimum atomic E-state index is -0.158. The smallest absolute Gasteiger partial charge is 0.0594 e. The van der Waals surface area contributed by atoms with Crippen LogP contribution in [0.4, 0.5) is 0 Å². The summed E-state index contributed by atoms with van der Waals surface area (Å²) in [5, 5.41) is 14.7. The van der Waals surface area contributed by atoms with Gasteiger partial charge >= 0.3 is 0 Å². The molecular weight excluding hydrogens is 356 g/mol. The van der Waals surface area contributed by atoms with Crippen molar-refractivity contribution in [2.24, 2.45) is 39.4 Å². The SMILES string of the molecule is C=C1C(N(C)C)CCC23CC24CCC2(C)C(C(C)NC)C(O)CC2(C)C4CCC13. The molecule has 0 aromatic carbocycles. The van der Waals surface area contributed by atoms with E-state index in [-0.39, 0.29) is 16.9 Å². The summed E-state index contributed by atoms with van der Waals surface area (Å²) >= 11 is 0. The van der Waals surface area contributed by atoms with Crippen LogP contribution in [0, 0.1) is 39.4 Å². The molecule has 0 aromatic heterocycles. The predicted octanol–water partition coefficient (Wildman–Crippen LogP) is 4.46. The van der Waals surface area contributed by atoms with Crippen molar-refractivity contribution in [1.82, 2.24) is 10.2 Å². The fourth-order valence-corrected chi connectivity index (χ4v) is 10.4. The van der Waals surface area contributed by atoms with E-state index in [0.717, 1.165) is 18.3 Å². The van der Waals surface area contributed by atoms with Crippen LogP contribution in [0.3, 0.4) is 0 Å². The molecule has 0 radical (unpaired) electrons. The van der Waals surface area contributed by atoms with Gasteiger partial charge in [-0.3, -0.25) is 0 Å². The summed E-state index contributed by atoms with van der Waals surface area (Å²) in [7, 11) is 6.53. The maximum atomic E-state index is 11.2. The van der Waals surface area contributed by atoms with Crippen LogP contribution in [0.2, 0.25) is 0 Å². The minimum Gasteiger partial charge on any atom is -0.393 e. The van der Waals surface area contributed by atoms with Gasteiger partial charge in [-0.05, 0) is 113 Å². The van der Waals surface area contributed by atoms with Gasteiger partial charge in [0.05, 0.1) is 6.10 Å². The third-order valence-corrected chi connectivity index (χ3v) is 11.9. The van der Waals surface area contributed by atoms with Crippen molar-refractivity contribution >= 4 is 0 Å². The van der Waals surface area contributed by atoms with Crippen molar-refractivity contribution in [3.05, 3.63) is 12.2 Å². The van der Waals surface area contributed by atoms with Crippen LogP contribution in [0.5, 0.6) is 0 Å². The lowest BCUT2D eigenvalue weighted by Crippen LogP contribution is -2.56. The first-order valence-electron chi connectivity index (χ1n) is 12.3. The Labute approximate surface area is 178 Å². The maximum Gasteiger partial charge on any atom is 0.0594 e. The molecule has 3 nitrogen and oxygen atoms in total. The zero-order chi connectivity index (χ0) is 21.0. The van der Waals surface area contributed by atoms with E-state index in [4.69, 9.17) is 0 Å². The van der Waals surface area contributed by atoms with E-state index in [1.807, 2.05) is 0 Å². The van der Waals surface area contributed by atoms with Crippen molar-refractivity contribution < 1.29 is 5.11 Å². The predicted molar refractivity (Wildman–Crippen MR) is 120 cm³/mol. The van der Waals surface area contributed by atoms with Gasteiger partial charge in [0.1, 0.15) is 0 Å². The van der Waals surface area contributed by atoms with Gasteiger partial charge in [0.15, 0.2) is 0 Å². The summed E-state index contributed by atoms with van der Waals surface area (Å²) in [6.07, 6.45) is 10.4. The third kappa shape index (κ3) is 2.21. The number of aliphatic hydroxyl groups excluding tert-OH is 1. The van der Waals surface area contributed by atoms with Crippen molar-refractivity contribution in [2.45, 2.75) is 90.3 Å². The van der Waals surface area contributed by atoms with E-state index in [2.05, 4.69) is 58.7 Å². The summed E-state index contributed by atoms with van der Waals surface area (Å²) < 4.78 is 0. The quantitative estimate of drug-likeness (QED) is 0.687. The second kappa shape index (κ2) is 6.11. The van der Waals surface area contributed by atoms with E-state index >= 15 is 0 Å². The molecular formula is C26H44N2O. The van der Waals surface area contributed by atoms with E-state index in [1.165, 1.54) is 44.9 Å². The molecule has 0 amide bonds. The van der Waals surface area contributed by atoms with E-state index < -0.39 is 0 Å². The summed E-state index contributed by atoms with van der Waals surface area (Å²) in [4.78, 5) is 2.41. The zero-order valence-corrected chi connectivity index (χ0v) is 19.7. The zero-order valence-electron chi connectivity index (χ0n) is 19.7. The van der Waals surface area contributed by atoms with Crippen molar-refractivity contribution in [1.29, 1.82) is 0 Å². The molecule has 0 heterocycles. The molecule has 5 saturated carbocycles. The second-order valence-electron chi connectivity index (χ2n) is 12.5. The highest BCUT2D eigenvalue weighted by Crippen LogP contribution is 2.88. The summed E-state index contributed by atoms with van der Waals surface area (Å²) in [5.41, 5.74) is 3.15. The highest BCUT2D eigenvalue weighted by atomic mass is 16.3. The molecule has 164 valence electrons. The van der Waals surface area contributed by atoms with Crippen LogP contribution in [0.25, 0.3) is 0 Å². The summed E-state index contributed by atoms with van der Waals surface area (Å²) in [6, 6.07) is 0.962. The number of nitrogens with one attached hydrogen (secondary N) is 1. The van der Waals surface area contributed by atoms with Gasteiger partial charge in [-0.15, -0.1) is 0 Å². The first-order valence-corrected chi connectivity index (χ1v) is 12.3. The maximum absolute atomic E-state index is 11.2. The molecule has 0 aromatic rings. The summed E-state index contributed by atoms with van der Waals surface area (Å²) in [6.45, 7) is 12.1. The molecule has 5 aliphatic rings. The molecule has 0 saturated heterocycles. The molecule has 5 fully saturated rings. The van der Waals surface area contributed by atoms with Gasteiger partial charge in [-0.2, -0.15) is 0 Å². The monoisotopic (exact) mass is 400 g/mol. The Kier molecular flexibility index (Phi) is 4.32. The first-order chi connectivity index (χ1) is 13.6. The average molecular weight is 401 g/mol.